The molecule has 0 bridgehead atoms. The number of carbonyl (C=O) groups is 2. The number of benzene rings is 3. The number of nitrogens with zero attached hydrogens (tertiary/aromatic N) is 3. The number of ether oxygens (including phenoxy) is 1. The summed E-state index contributed by atoms with van der Waals surface area (Å²) in [7, 11) is 0. The van der Waals surface area contributed by atoms with E-state index in [1.54, 1.807) is 35.1 Å². The first kappa shape index (κ1) is 39.4. The van der Waals surface area contributed by atoms with E-state index in [0.29, 0.717) is 17.7 Å². The Morgan fingerprint density at radius 3 is 2.21 bits per heavy atom. The minimum Gasteiger partial charge on any atom is -0.462 e. The summed E-state index contributed by atoms with van der Waals surface area (Å²) in [5, 5.41) is 21.0. The standard InChI is InChI=1S/C41H52ClN5O4S/c1-2-3-4-5-6-7-8-9-10-11-12-13-14-20-29-51-39(48)32-25-26-36(42)37(30-32)44-40(49)41(50)28-27-38(34-23-18-19-24-35(34)41)52-47-45-43-31-46(47)33-21-16-15-17-22-33/h15-19,21-27,30-31,45,50H,2-14,20,28-29H2,1H3,(H,44,49). The van der Waals surface area contributed by atoms with Gasteiger partial charge in [-0.3, -0.25) is 4.79 Å². The number of anilines is 2. The second kappa shape index (κ2) is 20.4. The molecule has 1 heterocycles. The van der Waals surface area contributed by atoms with Gasteiger partial charge in [0.2, 0.25) is 0 Å². The van der Waals surface area contributed by atoms with Gasteiger partial charge in [0.05, 0.1) is 28.6 Å². The lowest BCUT2D eigenvalue weighted by atomic mass is 9.82. The molecule has 2 aliphatic rings. The Morgan fingerprint density at radius 1 is 0.885 bits per heavy atom. The van der Waals surface area contributed by atoms with Crippen LogP contribution in [-0.4, -0.2) is 34.5 Å². The highest BCUT2D eigenvalue weighted by Gasteiger charge is 2.42. The zero-order valence-corrected chi connectivity index (χ0v) is 31.8. The summed E-state index contributed by atoms with van der Waals surface area (Å²) < 4.78 is 7.31. The van der Waals surface area contributed by atoms with E-state index in [9.17, 15) is 14.7 Å². The number of unbranched alkanes of at least 4 members (excludes halogenated alkanes) is 13. The van der Waals surface area contributed by atoms with Gasteiger partial charge in [-0.2, -0.15) is 5.10 Å². The van der Waals surface area contributed by atoms with Gasteiger partial charge >= 0.3 is 5.97 Å². The van der Waals surface area contributed by atoms with Crippen molar-refractivity contribution in [3.63, 3.8) is 0 Å². The summed E-state index contributed by atoms with van der Waals surface area (Å²) in [4.78, 5) is 27.5. The van der Waals surface area contributed by atoms with E-state index in [1.165, 1.54) is 88.6 Å². The molecule has 1 aliphatic carbocycles. The van der Waals surface area contributed by atoms with Crippen LogP contribution in [0.15, 0.2) is 84.0 Å². The van der Waals surface area contributed by atoms with Crippen molar-refractivity contribution >= 4 is 58.0 Å². The highest BCUT2D eigenvalue weighted by Crippen LogP contribution is 2.44. The summed E-state index contributed by atoms with van der Waals surface area (Å²) in [5.74, 6) is -1.12. The maximum Gasteiger partial charge on any atom is 0.338 e. The normalized spacial score (nSPS) is 16.7. The Kier molecular flexibility index (Phi) is 15.5. The Labute approximate surface area is 317 Å². The van der Waals surface area contributed by atoms with Gasteiger partial charge in [-0.25, -0.2) is 15.3 Å². The number of nitrogens with one attached hydrogen (secondary N) is 2. The fraction of sp³-hybridized carbons (Fsp3) is 0.439. The first-order chi connectivity index (χ1) is 25.4. The van der Waals surface area contributed by atoms with E-state index >= 15 is 0 Å². The quantitative estimate of drug-likeness (QED) is 0.0562. The van der Waals surface area contributed by atoms with E-state index in [0.717, 1.165) is 29.9 Å². The smallest absolute Gasteiger partial charge is 0.338 e. The van der Waals surface area contributed by atoms with E-state index in [2.05, 4.69) is 22.9 Å². The van der Waals surface area contributed by atoms with Crippen LogP contribution in [0.25, 0.3) is 4.91 Å². The molecule has 0 spiro atoms. The van der Waals surface area contributed by atoms with Crippen LogP contribution in [0.1, 0.15) is 125 Å². The lowest BCUT2D eigenvalue weighted by Crippen LogP contribution is -2.42. The average molecular weight is 746 g/mol. The maximum atomic E-state index is 13.8. The molecule has 1 amide bonds. The third-order valence-electron chi connectivity index (χ3n) is 9.49. The molecule has 0 saturated carbocycles. The zero-order chi connectivity index (χ0) is 36.6. The first-order valence-corrected chi connectivity index (χ1v) is 20.0. The average Bonchev–Trinajstić information content (AvgIpc) is 3.63. The summed E-state index contributed by atoms with van der Waals surface area (Å²) in [5.41, 5.74) is 3.70. The number of halogens is 1. The Bertz CT molecular complexity index is 1670. The molecule has 3 aromatic carbocycles. The monoisotopic (exact) mass is 745 g/mol. The van der Waals surface area contributed by atoms with Gasteiger partial charge in [0.1, 0.15) is 6.34 Å². The van der Waals surface area contributed by atoms with Crippen LogP contribution in [0.3, 0.4) is 0 Å². The molecule has 278 valence electrons. The van der Waals surface area contributed by atoms with Gasteiger partial charge in [0.15, 0.2) is 5.60 Å². The van der Waals surface area contributed by atoms with E-state index in [1.807, 2.05) is 53.5 Å². The fourth-order valence-electron chi connectivity index (χ4n) is 6.47. The minimum absolute atomic E-state index is 0.0246. The van der Waals surface area contributed by atoms with E-state index in [4.69, 9.17) is 16.3 Å². The molecular formula is C41H52ClN5O4S. The minimum atomic E-state index is -1.87. The van der Waals surface area contributed by atoms with E-state index < -0.39 is 17.5 Å². The number of rotatable bonds is 21. The van der Waals surface area contributed by atoms with Gasteiger partial charge in [0, 0.05) is 28.8 Å². The molecule has 0 fully saturated rings. The molecule has 3 N–H and O–H groups in total. The molecule has 1 aliphatic heterocycles. The van der Waals surface area contributed by atoms with Crippen molar-refractivity contribution in [2.24, 2.45) is 5.10 Å². The van der Waals surface area contributed by atoms with Crippen molar-refractivity contribution in [1.82, 2.24) is 10.1 Å². The number of fused-ring (bicyclic) bond motifs is 1. The number of hydrogen-bond donors (Lipinski definition) is 3. The Morgan fingerprint density at radius 2 is 1.52 bits per heavy atom. The van der Waals surface area contributed by atoms with Crippen molar-refractivity contribution < 1.29 is 19.4 Å². The maximum absolute atomic E-state index is 13.8. The van der Waals surface area contributed by atoms with Crippen LogP contribution in [0.2, 0.25) is 5.02 Å². The molecule has 11 heteroatoms. The second-order valence-electron chi connectivity index (χ2n) is 13.4. The van der Waals surface area contributed by atoms with Gasteiger partial charge < -0.3 is 15.2 Å². The highest BCUT2D eigenvalue weighted by molar-refractivity contribution is 8.06. The second-order valence-corrected chi connectivity index (χ2v) is 14.8. The van der Waals surface area contributed by atoms with Crippen molar-refractivity contribution in [2.45, 2.75) is 109 Å². The number of hydrazone groups is 1. The summed E-state index contributed by atoms with van der Waals surface area (Å²) in [6, 6.07) is 21.7. The predicted octanol–water partition coefficient (Wildman–Crippen LogP) is 10.4. The zero-order valence-electron chi connectivity index (χ0n) is 30.2. The lowest BCUT2D eigenvalue weighted by Gasteiger charge is -2.34. The van der Waals surface area contributed by atoms with Gasteiger partial charge in [0.25, 0.3) is 5.91 Å². The first-order valence-electron chi connectivity index (χ1n) is 18.8. The summed E-state index contributed by atoms with van der Waals surface area (Å²) in [6.07, 6.45) is 21.2. The van der Waals surface area contributed by atoms with Crippen LogP contribution >= 0.6 is 23.5 Å². The number of hydrogen-bond acceptors (Lipinski definition) is 9. The van der Waals surface area contributed by atoms with Gasteiger partial charge in [-0.15, -0.1) is 0 Å². The third kappa shape index (κ3) is 10.9. The molecule has 9 nitrogen and oxygen atoms in total. The molecule has 0 radical (unpaired) electrons. The van der Waals surface area contributed by atoms with Crippen LogP contribution in [-0.2, 0) is 15.1 Å². The van der Waals surface area contributed by atoms with Crippen LogP contribution in [0.4, 0.5) is 11.4 Å². The van der Waals surface area contributed by atoms with E-state index in [-0.39, 0.29) is 22.7 Å². The van der Waals surface area contributed by atoms with Crippen LogP contribution < -0.4 is 15.9 Å². The van der Waals surface area contributed by atoms with Crippen molar-refractivity contribution in [3.05, 3.63) is 101 Å². The molecule has 5 rings (SSSR count). The van der Waals surface area contributed by atoms with Crippen LogP contribution in [0, 0.1) is 0 Å². The third-order valence-corrected chi connectivity index (χ3v) is 10.8. The fourth-order valence-corrected chi connectivity index (χ4v) is 7.57. The molecule has 0 saturated heterocycles. The van der Waals surface area contributed by atoms with Gasteiger partial charge in [-0.1, -0.05) is 151 Å². The predicted molar refractivity (Wildman–Crippen MR) is 214 cm³/mol. The number of esters is 1. The van der Waals surface area contributed by atoms with Crippen molar-refractivity contribution in [3.8, 4) is 0 Å². The van der Waals surface area contributed by atoms with Crippen LogP contribution in [0.5, 0.6) is 0 Å². The molecule has 3 aromatic rings. The van der Waals surface area contributed by atoms with Gasteiger partial charge in [-0.05, 0) is 46.8 Å². The molecular weight excluding hydrogens is 694 g/mol. The van der Waals surface area contributed by atoms with Crippen molar-refractivity contribution in [2.75, 3.05) is 16.9 Å². The number of hydrazine groups is 2. The lowest BCUT2D eigenvalue weighted by molar-refractivity contribution is -0.134. The highest BCUT2D eigenvalue weighted by atomic mass is 35.5. The number of aliphatic hydroxyl groups is 1. The number of amides is 1. The Balaban J connectivity index is 1.08. The summed E-state index contributed by atoms with van der Waals surface area (Å²) in [6.45, 7) is 2.60. The summed E-state index contributed by atoms with van der Waals surface area (Å²) >= 11 is 7.85. The van der Waals surface area contributed by atoms with Crippen molar-refractivity contribution in [1.29, 1.82) is 0 Å². The molecule has 52 heavy (non-hydrogen) atoms. The number of para-hydroxylation sites is 1. The Hall–Kier alpha value is -3.83. The SMILES string of the molecule is CCCCCCCCCCCCCCCCOC(=O)c1ccc(Cl)c(NC(=O)C2(O)CC=C(SN3NN=CN3c3ccccc3)c3ccccc32)c1. The molecule has 0 aromatic heterocycles. The topological polar surface area (TPSA) is 106 Å². The molecule has 1 unspecified atom stereocenters. The largest absolute Gasteiger partial charge is 0.462 e. The molecule has 1 atom stereocenters. The number of carbonyl (C=O) groups excluding carboxylic acids is 2.